The Balaban J connectivity index is 3.27. The third-order valence-electron chi connectivity index (χ3n) is 2.47. The predicted octanol–water partition coefficient (Wildman–Crippen LogP) is 2.33. The van der Waals surface area contributed by atoms with E-state index < -0.39 is 0 Å². The highest BCUT2D eigenvalue weighted by atomic mass is 35.5. The zero-order valence-electron chi connectivity index (χ0n) is 9.85. The summed E-state index contributed by atoms with van der Waals surface area (Å²) in [6, 6.07) is 0. The first-order valence-corrected chi connectivity index (χ1v) is 6.25. The molecule has 0 fully saturated rings. The van der Waals surface area contributed by atoms with Crippen LogP contribution in [-0.2, 0) is 0 Å². The van der Waals surface area contributed by atoms with Crippen LogP contribution in [0, 0.1) is 0 Å². The van der Waals surface area contributed by atoms with Crippen molar-refractivity contribution in [1.29, 1.82) is 0 Å². The van der Waals surface area contributed by atoms with Crippen molar-refractivity contribution in [3.8, 4) is 0 Å². The van der Waals surface area contributed by atoms with Crippen molar-refractivity contribution in [2.75, 3.05) is 32.7 Å². The summed E-state index contributed by atoms with van der Waals surface area (Å²) in [5.74, 6) is 0. The first-order valence-electron chi connectivity index (χ1n) is 5.81. The molecule has 86 valence electrons. The molecule has 0 radical (unpaired) electrons. The van der Waals surface area contributed by atoms with E-state index in [0.717, 1.165) is 39.1 Å². The number of rotatable bonds is 9. The van der Waals surface area contributed by atoms with Crippen LogP contribution in [0.25, 0.3) is 0 Å². The number of halogens is 1. The normalized spacial score (nSPS) is 13.5. The Morgan fingerprint density at radius 1 is 1.21 bits per heavy atom. The van der Waals surface area contributed by atoms with Gasteiger partial charge in [-0.15, -0.1) is 11.6 Å². The summed E-state index contributed by atoms with van der Waals surface area (Å²) in [5.41, 5.74) is 0. The van der Waals surface area contributed by atoms with Crippen molar-refractivity contribution < 1.29 is 0 Å². The quantitative estimate of drug-likeness (QED) is 0.474. The summed E-state index contributed by atoms with van der Waals surface area (Å²) >= 11 is 6.09. The van der Waals surface area contributed by atoms with Crippen LogP contribution in [0.15, 0.2) is 0 Å². The molecule has 1 N–H and O–H groups in total. The second kappa shape index (κ2) is 9.75. The molecule has 0 heterocycles. The van der Waals surface area contributed by atoms with Crippen LogP contribution in [0.4, 0.5) is 0 Å². The molecule has 0 saturated heterocycles. The van der Waals surface area contributed by atoms with Gasteiger partial charge < -0.3 is 10.2 Å². The van der Waals surface area contributed by atoms with Crippen LogP contribution in [-0.4, -0.2) is 43.0 Å². The highest BCUT2D eigenvalue weighted by molar-refractivity contribution is 6.20. The molecule has 0 aliphatic rings. The van der Waals surface area contributed by atoms with Crippen LogP contribution in [0.3, 0.4) is 0 Å². The van der Waals surface area contributed by atoms with E-state index in [2.05, 4.69) is 31.0 Å². The molecule has 2 nitrogen and oxygen atoms in total. The molecule has 0 aromatic heterocycles. The van der Waals surface area contributed by atoms with Crippen molar-refractivity contribution in [3.63, 3.8) is 0 Å². The lowest BCUT2D eigenvalue weighted by atomic mass is 10.2. The van der Waals surface area contributed by atoms with Crippen molar-refractivity contribution in [1.82, 2.24) is 10.2 Å². The molecule has 0 bridgehead atoms. The van der Waals surface area contributed by atoms with Gasteiger partial charge in [-0.1, -0.05) is 27.2 Å². The average Bonchev–Trinajstić information content (AvgIpc) is 2.19. The second-order valence-electron chi connectivity index (χ2n) is 3.62. The molecule has 1 unspecified atom stereocenters. The topological polar surface area (TPSA) is 15.3 Å². The molecule has 0 amide bonds. The number of nitrogens with zero attached hydrogens (tertiary/aromatic N) is 1. The summed E-state index contributed by atoms with van der Waals surface area (Å²) in [4.78, 5) is 2.41. The zero-order valence-corrected chi connectivity index (χ0v) is 10.6. The molecule has 0 aliphatic heterocycles. The summed E-state index contributed by atoms with van der Waals surface area (Å²) < 4.78 is 0. The molecule has 0 spiro atoms. The number of nitrogens with one attached hydrogen (secondary N) is 1. The Labute approximate surface area is 94.0 Å². The van der Waals surface area contributed by atoms with Gasteiger partial charge in [-0.3, -0.25) is 0 Å². The summed E-state index contributed by atoms with van der Waals surface area (Å²) in [6.45, 7) is 12.0. The Bertz CT molecular complexity index is 116. The minimum absolute atomic E-state index is 0.303. The summed E-state index contributed by atoms with van der Waals surface area (Å²) in [5, 5.41) is 3.70. The lowest BCUT2D eigenvalue weighted by molar-refractivity contribution is 0.302. The van der Waals surface area contributed by atoms with Crippen molar-refractivity contribution in [2.24, 2.45) is 0 Å². The van der Waals surface area contributed by atoms with Gasteiger partial charge in [-0.2, -0.15) is 0 Å². The number of likely N-dealkylation sites (N-methyl/N-ethyl adjacent to an activating group) is 1. The number of alkyl halides is 1. The van der Waals surface area contributed by atoms with Gasteiger partial charge in [0.15, 0.2) is 0 Å². The molecule has 1 atom stereocenters. The monoisotopic (exact) mass is 220 g/mol. The van der Waals surface area contributed by atoms with E-state index in [1.54, 1.807) is 0 Å². The SMILES string of the molecule is CCCC(Cl)CNCCN(CC)CC. The molecule has 14 heavy (non-hydrogen) atoms. The van der Waals surface area contributed by atoms with Gasteiger partial charge in [0.25, 0.3) is 0 Å². The Kier molecular flexibility index (Phi) is 9.90. The number of hydrogen-bond acceptors (Lipinski definition) is 2. The van der Waals surface area contributed by atoms with Gasteiger partial charge in [0, 0.05) is 25.0 Å². The van der Waals surface area contributed by atoms with Gasteiger partial charge in [0.2, 0.25) is 0 Å². The van der Waals surface area contributed by atoms with Crippen LogP contribution >= 0.6 is 11.6 Å². The van der Waals surface area contributed by atoms with Gasteiger partial charge in [0.1, 0.15) is 0 Å². The maximum absolute atomic E-state index is 6.09. The van der Waals surface area contributed by atoms with E-state index in [0.29, 0.717) is 5.38 Å². The second-order valence-corrected chi connectivity index (χ2v) is 4.23. The Hall–Kier alpha value is 0.210. The molecule has 0 rings (SSSR count). The molecule has 3 heteroatoms. The van der Waals surface area contributed by atoms with Crippen molar-refractivity contribution in [2.45, 2.75) is 39.0 Å². The lowest BCUT2D eigenvalue weighted by Gasteiger charge is -2.18. The van der Waals surface area contributed by atoms with Crippen molar-refractivity contribution >= 4 is 11.6 Å². The summed E-state index contributed by atoms with van der Waals surface area (Å²) in [6.07, 6.45) is 2.28. The van der Waals surface area contributed by atoms with Crippen LogP contribution in [0.1, 0.15) is 33.6 Å². The molecule has 0 saturated carbocycles. The minimum atomic E-state index is 0.303. The zero-order chi connectivity index (χ0) is 10.8. The van der Waals surface area contributed by atoms with E-state index in [-0.39, 0.29) is 0 Å². The smallest absolute Gasteiger partial charge is 0.0460 e. The fourth-order valence-electron chi connectivity index (χ4n) is 1.45. The summed E-state index contributed by atoms with van der Waals surface area (Å²) in [7, 11) is 0. The highest BCUT2D eigenvalue weighted by Crippen LogP contribution is 2.02. The van der Waals surface area contributed by atoms with E-state index >= 15 is 0 Å². The maximum atomic E-state index is 6.09. The van der Waals surface area contributed by atoms with Gasteiger partial charge in [0.05, 0.1) is 0 Å². The van der Waals surface area contributed by atoms with Crippen LogP contribution in [0.2, 0.25) is 0 Å². The van der Waals surface area contributed by atoms with Crippen LogP contribution < -0.4 is 5.32 Å². The highest BCUT2D eigenvalue weighted by Gasteiger charge is 2.02. The van der Waals surface area contributed by atoms with Crippen molar-refractivity contribution in [3.05, 3.63) is 0 Å². The standard InChI is InChI=1S/C11H25ClN2/c1-4-7-11(12)10-13-8-9-14(5-2)6-3/h11,13H,4-10H2,1-3H3. The van der Waals surface area contributed by atoms with E-state index in [4.69, 9.17) is 11.6 Å². The Morgan fingerprint density at radius 2 is 1.86 bits per heavy atom. The van der Waals surface area contributed by atoms with Gasteiger partial charge in [-0.05, 0) is 19.5 Å². The van der Waals surface area contributed by atoms with E-state index in [1.807, 2.05) is 0 Å². The Morgan fingerprint density at radius 3 is 2.36 bits per heavy atom. The molecule has 0 aliphatic carbocycles. The average molecular weight is 221 g/mol. The van der Waals surface area contributed by atoms with Crippen LogP contribution in [0.5, 0.6) is 0 Å². The third-order valence-corrected chi connectivity index (χ3v) is 2.84. The molecule has 0 aromatic rings. The molecular formula is C11H25ClN2. The first-order chi connectivity index (χ1) is 6.74. The minimum Gasteiger partial charge on any atom is -0.314 e. The predicted molar refractivity (Wildman–Crippen MR) is 65.2 cm³/mol. The molecule has 0 aromatic carbocycles. The third kappa shape index (κ3) is 7.60. The van der Waals surface area contributed by atoms with Gasteiger partial charge >= 0.3 is 0 Å². The fraction of sp³-hybridized carbons (Fsp3) is 1.00. The maximum Gasteiger partial charge on any atom is 0.0460 e. The largest absolute Gasteiger partial charge is 0.314 e. The molecular weight excluding hydrogens is 196 g/mol. The van der Waals surface area contributed by atoms with E-state index in [1.165, 1.54) is 6.42 Å². The fourth-order valence-corrected chi connectivity index (χ4v) is 1.78. The number of hydrogen-bond donors (Lipinski definition) is 1. The first kappa shape index (κ1) is 14.2. The van der Waals surface area contributed by atoms with Gasteiger partial charge in [-0.25, -0.2) is 0 Å². The van der Waals surface area contributed by atoms with E-state index in [9.17, 15) is 0 Å². The lowest BCUT2D eigenvalue weighted by Crippen LogP contribution is -2.34.